The molecule has 1 unspecified atom stereocenters. The summed E-state index contributed by atoms with van der Waals surface area (Å²) in [5.41, 5.74) is 0.865. The molecule has 26 heavy (non-hydrogen) atoms. The first-order valence-electron chi connectivity index (χ1n) is 8.12. The first-order valence-corrected chi connectivity index (χ1v) is 9.38. The van der Waals surface area contributed by atoms with Crippen molar-refractivity contribution in [1.82, 2.24) is 9.80 Å². The number of ketones is 1. The first kappa shape index (κ1) is 18.6. The Labute approximate surface area is 161 Å². The lowest BCUT2D eigenvalue weighted by molar-refractivity contribution is -0.129. The summed E-state index contributed by atoms with van der Waals surface area (Å²) in [5, 5.41) is 12.8. The Morgan fingerprint density at radius 1 is 1.27 bits per heavy atom. The Balaban J connectivity index is 2.05. The molecule has 0 spiro atoms. The maximum absolute atomic E-state index is 13.0. The molecule has 0 saturated carbocycles. The van der Waals surface area contributed by atoms with Gasteiger partial charge in [0.1, 0.15) is 0 Å². The highest BCUT2D eigenvalue weighted by atomic mass is 35.5. The van der Waals surface area contributed by atoms with Gasteiger partial charge in [-0.1, -0.05) is 29.8 Å². The molecular formula is C19H19ClN2O3S. The van der Waals surface area contributed by atoms with E-state index in [1.165, 1.54) is 11.3 Å². The first-order chi connectivity index (χ1) is 12.4. The van der Waals surface area contributed by atoms with E-state index in [0.717, 1.165) is 5.56 Å². The van der Waals surface area contributed by atoms with Crippen LogP contribution in [-0.2, 0) is 4.79 Å². The van der Waals surface area contributed by atoms with Gasteiger partial charge in [-0.25, -0.2) is 0 Å². The van der Waals surface area contributed by atoms with Crippen LogP contribution in [0.25, 0.3) is 0 Å². The average Bonchev–Trinajstić information content (AvgIpc) is 3.22. The number of aliphatic hydroxyl groups excluding tert-OH is 1. The predicted octanol–water partition coefficient (Wildman–Crippen LogP) is 3.54. The van der Waals surface area contributed by atoms with Crippen LogP contribution in [0, 0.1) is 0 Å². The maximum atomic E-state index is 13.0. The van der Waals surface area contributed by atoms with Crippen LogP contribution in [0.15, 0.2) is 53.1 Å². The second-order valence-electron chi connectivity index (χ2n) is 6.32. The number of likely N-dealkylation sites (N-methyl/N-ethyl adjacent to an activating group) is 1. The number of halogens is 1. The molecule has 1 N–H and O–H groups in total. The number of Topliss-reactive ketones (excluding diaryl/α,β-unsaturated/α-hetero) is 1. The van der Waals surface area contributed by atoms with Gasteiger partial charge in [-0.2, -0.15) is 0 Å². The molecule has 0 fully saturated rings. The minimum Gasteiger partial charge on any atom is -0.503 e. The Morgan fingerprint density at radius 3 is 2.54 bits per heavy atom. The molecule has 3 rings (SSSR count). The monoisotopic (exact) mass is 390 g/mol. The van der Waals surface area contributed by atoms with Crippen molar-refractivity contribution >= 4 is 34.6 Å². The zero-order valence-corrected chi connectivity index (χ0v) is 16.0. The van der Waals surface area contributed by atoms with Crippen LogP contribution < -0.4 is 0 Å². The molecule has 7 heteroatoms. The van der Waals surface area contributed by atoms with Crippen molar-refractivity contribution in [3.8, 4) is 0 Å². The smallest absolute Gasteiger partial charge is 0.290 e. The van der Waals surface area contributed by atoms with Gasteiger partial charge in [0.05, 0.1) is 16.5 Å². The molecule has 0 radical (unpaired) electrons. The molecule has 1 aromatic heterocycles. The number of hydrogen-bond donors (Lipinski definition) is 1. The summed E-state index contributed by atoms with van der Waals surface area (Å²) in [4.78, 5) is 29.6. The normalized spacial score (nSPS) is 17.5. The highest BCUT2D eigenvalue weighted by Gasteiger charge is 2.43. The maximum Gasteiger partial charge on any atom is 0.290 e. The zero-order chi connectivity index (χ0) is 18.8. The van der Waals surface area contributed by atoms with E-state index >= 15 is 0 Å². The third-order valence-electron chi connectivity index (χ3n) is 4.27. The number of hydrogen-bond acceptors (Lipinski definition) is 5. The summed E-state index contributed by atoms with van der Waals surface area (Å²) in [6.07, 6.45) is 0. The standard InChI is InChI=1S/C19H19ClN2O3S/c1-21(2)9-10-22-16(12-5-7-13(20)8-6-12)15(18(24)19(22)25)17(23)14-4-3-11-26-14/h3-8,11,16,24H,9-10H2,1-2H3. The molecule has 0 saturated heterocycles. The summed E-state index contributed by atoms with van der Waals surface area (Å²) in [7, 11) is 3.81. The van der Waals surface area contributed by atoms with Crippen molar-refractivity contribution in [2.24, 2.45) is 0 Å². The van der Waals surface area contributed by atoms with Crippen molar-refractivity contribution in [3.63, 3.8) is 0 Å². The molecule has 136 valence electrons. The third kappa shape index (κ3) is 3.53. The van der Waals surface area contributed by atoms with Crippen molar-refractivity contribution in [3.05, 3.63) is 68.6 Å². The van der Waals surface area contributed by atoms with Gasteiger partial charge in [-0.05, 0) is 43.2 Å². The lowest BCUT2D eigenvalue weighted by atomic mass is 9.95. The van der Waals surface area contributed by atoms with Gasteiger partial charge in [0, 0.05) is 18.1 Å². The number of carbonyl (C=O) groups excluding carboxylic acids is 2. The summed E-state index contributed by atoms with van der Waals surface area (Å²) < 4.78 is 0. The molecule has 0 aliphatic carbocycles. The van der Waals surface area contributed by atoms with Crippen molar-refractivity contribution < 1.29 is 14.7 Å². The molecule has 2 heterocycles. The summed E-state index contributed by atoms with van der Waals surface area (Å²) in [6, 6.07) is 9.83. The molecule has 5 nitrogen and oxygen atoms in total. The summed E-state index contributed by atoms with van der Waals surface area (Å²) >= 11 is 7.27. The van der Waals surface area contributed by atoms with E-state index in [2.05, 4.69) is 0 Å². The van der Waals surface area contributed by atoms with Crippen LogP contribution in [-0.4, -0.2) is 53.8 Å². The Hall–Kier alpha value is -2.15. The second-order valence-corrected chi connectivity index (χ2v) is 7.71. The SMILES string of the molecule is CN(C)CCN1C(=O)C(O)=C(C(=O)c2cccs2)C1c1ccc(Cl)cc1. The molecular weight excluding hydrogens is 372 g/mol. The van der Waals surface area contributed by atoms with Crippen molar-refractivity contribution in [1.29, 1.82) is 0 Å². The number of nitrogens with zero attached hydrogens (tertiary/aromatic N) is 2. The predicted molar refractivity (Wildman–Crippen MR) is 103 cm³/mol. The Morgan fingerprint density at radius 2 is 1.96 bits per heavy atom. The van der Waals surface area contributed by atoms with E-state index in [9.17, 15) is 14.7 Å². The number of rotatable bonds is 6. The van der Waals surface area contributed by atoms with E-state index in [1.807, 2.05) is 19.0 Å². The molecule has 2 aromatic rings. The van der Waals surface area contributed by atoms with E-state index in [4.69, 9.17) is 11.6 Å². The summed E-state index contributed by atoms with van der Waals surface area (Å²) in [6.45, 7) is 1.01. The third-order valence-corrected chi connectivity index (χ3v) is 5.39. The second kappa shape index (κ2) is 7.61. The van der Waals surface area contributed by atoms with Gasteiger partial charge in [-0.3, -0.25) is 9.59 Å². The van der Waals surface area contributed by atoms with Gasteiger partial charge < -0.3 is 14.9 Å². The highest BCUT2D eigenvalue weighted by molar-refractivity contribution is 7.12. The highest BCUT2D eigenvalue weighted by Crippen LogP contribution is 2.39. The van der Waals surface area contributed by atoms with Crippen molar-refractivity contribution in [2.75, 3.05) is 27.2 Å². The van der Waals surface area contributed by atoms with Gasteiger partial charge in [0.2, 0.25) is 5.78 Å². The number of aliphatic hydroxyl groups is 1. The number of carbonyl (C=O) groups is 2. The van der Waals surface area contributed by atoms with Gasteiger partial charge in [0.25, 0.3) is 5.91 Å². The lowest BCUT2D eigenvalue weighted by Gasteiger charge is -2.28. The Bertz CT molecular complexity index is 844. The molecule has 1 aliphatic rings. The van der Waals surface area contributed by atoms with Gasteiger partial charge in [-0.15, -0.1) is 11.3 Å². The van der Waals surface area contributed by atoms with Gasteiger partial charge in [0.15, 0.2) is 5.76 Å². The quantitative estimate of drug-likeness (QED) is 0.766. The number of benzene rings is 1. The minimum atomic E-state index is -0.630. The summed E-state index contributed by atoms with van der Waals surface area (Å²) in [5.74, 6) is -1.31. The molecule has 1 aromatic carbocycles. The van der Waals surface area contributed by atoms with Crippen LogP contribution >= 0.6 is 22.9 Å². The van der Waals surface area contributed by atoms with E-state index in [1.54, 1.807) is 46.7 Å². The molecule has 1 aliphatic heterocycles. The van der Waals surface area contributed by atoms with Gasteiger partial charge >= 0.3 is 0 Å². The van der Waals surface area contributed by atoms with Crippen LogP contribution in [0.2, 0.25) is 5.02 Å². The Kier molecular flexibility index (Phi) is 5.46. The van der Waals surface area contributed by atoms with Crippen molar-refractivity contribution in [2.45, 2.75) is 6.04 Å². The average molecular weight is 391 g/mol. The zero-order valence-electron chi connectivity index (χ0n) is 14.5. The lowest BCUT2D eigenvalue weighted by Crippen LogP contribution is -2.36. The van der Waals surface area contributed by atoms with Crippen LogP contribution in [0.5, 0.6) is 0 Å². The van der Waals surface area contributed by atoms with Crippen LogP contribution in [0.3, 0.4) is 0 Å². The minimum absolute atomic E-state index is 0.124. The molecule has 1 amide bonds. The van der Waals surface area contributed by atoms with E-state index < -0.39 is 17.7 Å². The van der Waals surface area contributed by atoms with E-state index in [0.29, 0.717) is 23.0 Å². The van der Waals surface area contributed by atoms with E-state index in [-0.39, 0.29) is 11.4 Å². The number of amides is 1. The molecule has 1 atom stereocenters. The fraction of sp³-hybridized carbons (Fsp3) is 0.263. The van der Waals surface area contributed by atoms with Crippen LogP contribution in [0.1, 0.15) is 21.3 Å². The fourth-order valence-corrected chi connectivity index (χ4v) is 3.76. The fourth-order valence-electron chi connectivity index (χ4n) is 2.96. The van der Waals surface area contributed by atoms with Crippen LogP contribution in [0.4, 0.5) is 0 Å². The largest absolute Gasteiger partial charge is 0.503 e. The topological polar surface area (TPSA) is 60.9 Å². The molecule has 0 bridgehead atoms. The number of thiophene rings is 1.